The Kier molecular flexibility index (Phi) is 10.3. The Labute approximate surface area is 415 Å². The molecule has 0 spiro atoms. The second-order valence-corrected chi connectivity index (χ2v) is 27.6. The summed E-state index contributed by atoms with van der Waals surface area (Å²) in [5.41, 5.74) is 23.5. The molecule has 0 atom stereocenters. The predicted octanol–water partition coefficient (Wildman–Crippen LogP) is 16.6. The first-order valence-corrected chi connectivity index (χ1v) is 25.8. The fraction of sp³-hybridized carbons (Fsp3) is 0.415. The van der Waals surface area contributed by atoms with Gasteiger partial charge in [0.2, 0.25) is 0 Å². The Balaban J connectivity index is 1.36. The van der Waals surface area contributed by atoms with E-state index in [1.165, 1.54) is 94.8 Å². The molecule has 3 heterocycles. The number of furan rings is 1. The average Bonchev–Trinajstić information content (AvgIpc) is 3.71. The SMILES string of the molecule is CC(C)(C)c1ccc(-c2cc(C(C)(C)C)ccc2N2c3ccc(C(C)(C)C)cc3B3c4oc5ccc(C(C)(C)C)cc5c4N(c4ccc5c(c4)C(C)(C)CC5(C)C)c4cc(C(C)(C)C)cc2c43)cc1. The molecule has 4 heteroatoms. The lowest BCUT2D eigenvalue weighted by atomic mass is 9.35. The number of hydrogen-bond acceptors (Lipinski definition) is 3. The molecule has 7 aromatic rings. The summed E-state index contributed by atoms with van der Waals surface area (Å²) in [5.74, 6) is 0. The minimum absolute atomic E-state index is 0.0281. The summed E-state index contributed by atoms with van der Waals surface area (Å²) in [6.45, 7) is 44.6. The van der Waals surface area contributed by atoms with Gasteiger partial charge in [-0.2, -0.15) is 0 Å². The van der Waals surface area contributed by atoms with Crippen molar-refractivity contribution in [3.8, 4) is 11.1 Å². The maximum Gasteiger partial charge on any atom is 0.297 e. The van der Waals surface area contributed by atoms with Crippen LogP contribution in [0.3, 0.4) is 0 Å². The molecule has 1 aromatic heterocycles. The Hall–Kier alpha value is -5.48. The van der Waals surface area contributed by atoms with Gasteiger partial charge in [0.05, 0.1) is 17.0 Å². The zero-order chi connectivity index (χ0) is 49.9. The van der Waals surface area contributed by atoms with Crippen molar-refractivity contribution in [2.75, 3.05) is 9.80 Å². The molecule has 3 nitrogen and oxygen atoms in total. The van der Waals surface area contributed by atoms with Crippen molar-refractivity contribution >= 4 is 68.4 Å². The monoisotopic (exact) mass is 913 g/mol. The minimum atomic E-state index is -0.154. The van der Waals surface area contributed by atoms with Gasteiger partial charge in [0.1, 0.15) is 5.58 Å². The standard InChI is InChI=1S/C65H77BN2O/c1-59(2,3)40-22-20-39(21-23-40)46-32-41(60(4,5)6)24-29-51(46)68-52-30-25-43(62(10,11)12)34-50(52)66-56-53(35-44(36-54(56)68)63(13,14)15)67(45-27-28-48-49(37-45)65(18,19)38-64(48,16)17)57-47-33-42(61(7,8)9)26-31-55(47)69-58(57)66/h20-37H,38H2,1-19H3. The lowest BCUT2D eigenvalue weighted by molar-refractivity contribution is 0.403. The van der Waals surface area contributed by atoms with Gasteiger partial charge >= 0.3 is 0 Å². The van der Waals surface area contributed by atoms with Gasteiger partial charge in [0, 0.05) is 33.7 Å². The van der Waals surface area contributed by atoms with Gasteiger partial charge in [-0.25, -0.2) is 0 Å². The van der Waals surface area contributed by atoms with Crippen LogP contribution >= 0.6 is 0 Å². The first-order valence-electron chi connectivity index (χ1n) is 25.8. The first-order chi connectivity index (χ1) is 31.8. The molecule has 0 fully saturated rings. The summed E-state index contributed by atoms with van der Waals surface area (Å²) < 4.78 is 7.47. The summed E-state index contributed by atoms with van der Waals surface area (Å²) in [5, 5.41) is 1.17. The van der Waals surface area contributed by atoms with Crippen LogP contribution in [0, 0.1) is 0 Å². The van der Waals surface area contributed by atoms with Gasteiger partial charge in [0.15, 0.2) is 0 Å². The predicted molar refractivity (Wildman–Crippen MR) is 300 cm³/mol. The Morgan fingerprint density at radius 3 is 1.55 bits per heavy atom. The quantitative estimate of drug-likeness (QED) is 0.165. The number of rotatable bonds is 3. The molecule has 2 aliphatic heterocycles. The topological polar surface area (TPSA) is 19.6 Å². The molecule has 0 amide bonds. The van der Waals surface area contributed by atoms with Crippen LogP contribution < -0.4 is 26.4 Å². The van der Waals surface area contributed by atoms with Gasteiger partial charge in [-0.3, -0.25) is 0 Å². The highest BCUT2D eigenvalue weighted by atomic mass is 16.3. The lowest BCUT2D eigenvalue weighted by Crippen LogP contribution is -2.61. The van der Waals surface area contributed by atoms with E-state index in [-0.39, 0.29) is 44.6 Å². The fourth-order valence-electron chi connectivity index (χ4n) is 12.1. The molecule has 0 bridgehead atoms. The van der Waals surface area contributed by atoms with Crippen molar-refractivity contribution in [3.05, 3.63) is 148 Å². The zero-order valence-electron chi connectivity index (χ0n) is 45.5. The molecule has 0 unspecified atom stereocenters. The summed E-state index contributed by atoms with van der Waals surface area (Å²) >= 11 is 0. The van der Waals surface area contributed by atoms with E-state index in [0.717, 1.165) is 23.4 Å². The zero-order valence-corrected chi connectivity index (χ0v) is 45.5. The molecule has 69 heavy (non-hydrogen) atoms. The molecule has 6 aromatic carbocycles. The van der Waals surface area contributed by atoms with E-state index in [2.05, 4.69) is 251 Å². The molecule has 0 saturated heterocycles. The Bertz CT molecular complexity index is 3210. The van der Waals surface area contributed by atoms with Crippen LogP contribution in [0.4, 0.5) is 34.1 Å². The van der Waals surface area contributed by atoms with Crippen LogP contribution in [0.25, 0.3) is 22.1 Å². The molecule has 0 saturated carbocycles. The van der Waals surface area contributed by atoms with Crippen LogP contribution in [0.2, 0.25) is 0 Å². The second-order valence-electron chi connectivity index (χ2n) is 27.6. The highest BCUT2D eigenvalue weighted by Crippen LogP contribution is 2.54. The van der Waals surface area contributed by atoms with Gasteiger partial charge < -0.3 is 14.2 Å². The Morgan fingerprint density at radius 1 is 0.449 bits per heavy atom. The smallest absolute Gasteiger partial charge is 0.297 e. The van der Waals surface area contributed by atoms with Crippen molar-refractivity contribution in [3.63, 3.8) is 0 Å². The van der Waals surface area contributed by atoms with Gasteiger partial charge in [-0.15, -0.1) is 0 Å². The summed E-state index contributed by atoms with van der Waals surface area (Å²) in [7, 11) is 0. The van der Waals surface area contributed by atoms with E-state index in [1.54, 1.807) is 0 Å². The van der Waals surface area contributed by atoms with E-state index >= 15 is 0 Å². The van der Waals surface area contributed by atoms with Gasteiger partial charge in [-0.1, -0.05) is 186 Å². The molecule has 0 radical (unpaired) electrons. The van der Waals surface area contributed by atoms with Gasteiger partial charge in [0.25, 0.3) is 6.71 Å². The fourth-order valence-corrected chi connectivity index (χ4v) is 12.1. The molecule has 1 aliphatic carbocycles. The lowest BCUT2D eigenvalue weighted by Gasteiger charge is -2.44. The van der Waals surface area contributed by atoms with Crippen molar-refractivity contribution in [1.82, 2.24) is 0 Å². The third kappa shape index (κ3) is 7.70. The third-order valence-corrected chi connectivity index (χ3v) is 16.0. The Morgan fingerprint density at radius 2 is 0.957 bits per heavy atom. The first kappa shape index (κ1) is 47.2. The number of nitrogens with zero attached hydrogens (tertiary/aromatic N) is 2. The second kappa shape index (κ2) is 15.0. The molecular weight excluding hydrogens is 836 g/mol. The van der Waals surface area contributed by atoms with Crippen molar-refractivity contribution in [2.45, 2.75) is 176 Å². The van der Waals surface area contributed by atoms with E-state index in [0.29, 0.717) is 0 Å². The summed E-state index contributed by atoms with van der Waals surface area (Å²) in [6, 6.07) is 43.4. The van der Waals surface area contributed by atoms with Crippen LogP contribution in [-0.2, 0) is 37.9 Å². The molecule has 3 aliphatic rings. The highest BCUT2D eigenvalue weighted by Gasteiger charge is 2.49. The maximum absolute atomic E-state index is 7.47. The number of fused-ring (bicyclic) bond motifs is 7. The molecular formula is C65H77BN2O. The van der Waals surface area contributed by atoms with E-state index in [9.17, 15) is 0 Å². The van der Waals surface area contributed by atoms with Crippen molar-refractivity contribution < 1.29 is 4.42 Å². The number of hydrogen-bond donors (Lipinski definition) is 0. The summed E-state index contributed by atoms with van der Waals surface area (Å²) in [6.07, 6.45) is 1.11. The third-order valence-electron chi connectivity index (χ3n) is 16.0. The van der Waals surface area contributed by atoms with Crippen LogP contribution in [0.1, 0.15) is 177 Å². The van der Waals surface area contributed by atoms with E-state index in [1.807, 2.05) is 0 Å². The van der Waals surface area contributed by atoms with Crippen LogP contribution in [0.15, 0.2) is 114 Å². The molecule has 356 valence electrons. The van der Waals surface area contributed by atoms with E-state index in [4.69, 9.17) is 4.42 Å². The number of benzene rings is 6. The van der Waals surface area contributed by atoms with Crippen LogP contribution in [-0.4, -0.2) is 6.71 Å². The van der Waals surface area contributed by atoms with Crippen molar-refractivity contribution in [2.24, 2.45) is 0 Å². The van der Waals surface area contributed by atoms with E-state index < -0.39 is 0 Å². The largest absolute Gasteiger partial charge is 0.468 e. The molecule has 0 N–H and O–H groups in total. The summed E-state index contributed by atoms with van der Waals surface area (Å²) in [4.78, 5) is 5.25. The van der Waals surface area contributed by atoms with Crippen molar-refractivity contribution in [1.29, 1.82) is 0 Å². The van der Waals surface area contributed by atoms with Crippen LogP contribution in [0.5, 0.6) is 0 Å². The van der Waals surface area contributed by atoms with Gasteiger partial charge in [-0.05, 0) is 154 Å². The minimum Gasteiger partial charge on any atom is -0.468 e. The number of anilines is 6. The highest BCUT2D eigenvalue weighted by molar-refractivity contribution is 7.00. The molecule has 10 rings (SSSR count). The normalized spacial score (nSPS) is 16.4. The average molecular weight is 913 g/mol. The maximum atomic E-state index is 7.47.